The van der Waals surface area contributed by atoms with Gasteiger partial charge in [0, 0.05) is 18.7 Å². The number of aromatic nitrogens is 3. The fourth-order valence-corrected chi connectivity index (χ4v) is 3.08. The van der Waals surface area contributed by atoms with Crippen molar-refractivity contribution in [2.75, 3.05) is 17.7 Å². The predicted molar refractivity (Wildman–Crippen MR) is 96.3 cm³/mol. The van der Waals surface area contributed by atoms with E-state index in [0.29, 0.717) is 17.7 Å². The summed E-state index contributed by atoms with van der Waals surface area (Å²) in [4.78, 5) is 12.1. The van der Waals surface area contributed by atoms with Gasteiger partial charge in [-0.05, 0) is 24.5 Å². The lowest BCUT2D eigenvalue weighted by molar-refractivity contribution is 0.00445. The summed E-state index contributed by atoms with van der Waals surface area (Å²) in [5.74, 6) is 5.51. The average molecular weight is 376 g/mol. The van der Waals surface area contributed by atoms with Crippen LogP contribution in [0.25, 0.3) is 0 Å². The summed E-state index contributed by atoms with van der Waals surface area (Å²) in [6, 6.07) is 4.79. The average Bonchev–Trinajstić information content (AvgIpc) is 2.89. The van der Waals surface area contributed by atoms with Gasteiger partial charge in [-0.25, -0.2) is 4.98 Å². The molecule has 2 aromatic rings. The number of aliphatic hydroxyl groups excluding tert-OH is 3. The van der Waals surface area contributed by atoms with Crippen LogP contribution in [0.5, 0.6) is 0 Å². The maximum Gasteiger partial charge on any atom is 0.223 e. The molecule has 2 aromatic heterocycles. The van der Waals surface area contributed by atoms with Crippen LogP contribution in [-0.4, -0.2) is 55.1 Å². The van der Waals surface area contributed by atoms with Crippen LogP contribution < -0.4 is 11.1 Å². The summed E-state index contributed by atoms with van der Waals surface area (Å²) >= 11 is 6.16. The van der Waals surface area contributed by atoms with Crippen molar-refractivity contribution in [1.29, 1.82) is 0 Å². The Balaban J connectivity index is 1.91. The molecule has 0 amide bonds. The van der Waals surface area contributed by atoms with Crippen molar-refractivity contribution in [3.8, 4) is 11.8 Å². The molecule has 4 unspecified atom stereocenters. The van der Waals surface area contributed by atoms with Gasteiger partial charge in [-0.1, -0.05) is 23.6 Å². The lowest BCUT2D eigenvalue weighted by Crippen LogP contribution is -2.35. The molecule has 0 aromatic carbocycles. The minimum absolute atomic E-state index is 0.0485. The fourth-order valence-electron chi connectivity index (χ4n) is 2.85. The van der Waals surface area contributed by atoms with Crippen LogP contribution in [0.4, 0.5) is 11.8 Å². The van der Waals surface area contributed by atoms with E-state index in [1.54, 1.807) is 18.3 Å². The van der Waals surface area contributed by atoms with Crippen LogP contribution in [0.3, 0.4) is 0 Å². The number of nitrogens with two attached hydrogens (primary N) is 1. The van der Waals surface area contributed by atoms with Crippen LogP contribution in [-0.2, 0) is 0 Å². The van der Waals surface area contributed by atoms with Gasteiger partial charge in [0.15, 0.2) is 5.15 Å². The summed E-state index contributed by atoms with van der Waals surface area (Å²) in [5, 5.41) is 32.5. The highest BCUT2D eigenvalue weighted by atomic mass is 35.5. The number of hydrogen-bond acceptors (Lipinski definition) is 8. The SMILES string of the molecule is Nc1nc(Cl)c(C#Cc2ccccn2)c(NC2CC(CO)C(O)C2O)n1. The number of anilines is 2. The van der Waals surface area contributed by atoms with E-state index < -0.39 is 24.2 Å². The van der Waals surface area contributed by atoms with Gasteiger partial charge in [0.05, 0.1) is 12.1 Å². The Morgan fingerprint density at radius 2 is 2.04 bits per heavy atom. The molecule has 1 fully saturated rings. The van der Waals surface area contributed by atoms with E-state index in [2.05, 4.69) is 32.1 Å². The Kier molecular flexibility index (Phi) is 5.54. The predicted octanol–water partition coefficient (Wildman–Crippen LogP) is 0.0215. The lowest BCUT2D eigenvalue weighted by atomic mass is 10.1. The molecule has 4 atom stereocenters. The number of rotatable bonds is 3. The molecule has 1 aliphatic rings. The molecule has 1 saturated carbocycles. The maximum atomic E-state index is 10.2. The number of halogens is 1. The van der Waals surface area contributed by atoms with Gasteiger partial charge < -0.3 is 26.4 Å². The monoisotopic (exact) mass is 375 g/mol. The number of hydrogen-bond donors (Lipinski definition) is 5. The lowest BCUT2D eigenvalue weighted by Gasteiger charge is -2.19. The van der Waals surface area contributed by atoms with Crippen LogP contribution in [0.15, 0.2) is 24.4 Å². The van der Waals surface area contributed by atoms with Crippen molar-refractivity contribution in [3.63, 3.8) is 0 Å². The Morgan fingerprint density at radius 3 is 2.69 bits per heavy atom. The van der Waals surface area contributed by atoms with Gasteiger partial charge in [-0.2, -0.15) is 9.97 Å². The molecular weight excluding hydrogens is 358 g/mol. The highest BCUT2D eigenvalue weighted by Gasteiger charge is 2.41. The Morgan fingerprint density at radius 1 is 1.23 bits per heavy atom. The molecule has 6 N–H and O–H groups in total. The minimum Gasteiger partial charge on any atom is -0.396 e. The summed E-state index contributed by atoms with van der Waals surface area (Å²) < 4.78 is 0. The van der Waals surface area contributed by atoms with Gasteiger partial charge in [-0.3, -0.25) is 0 Å². The smallest absolute Gasteiger partial charge is 0.223 e. The third-order valence-corrected chi connectivity index (χ3v) is 4.49. The second-order valence-electron chi connectivity index (χ2n) is 5.97. The second kappa shape index (κ2) is 7.85. The number of nitrogens with one attached hydrogen (secondary N) is 1. The first-order valence-corrected chi connectivity index (χ1v) is 8.37. The van der Waals surface area contributed by atoms with Crippen LogP contribution in [0.2, 0.25) is 5.15 Å². The summed E-state index contributed by atoms with van der Waals surface area (Å²) in [6.45, 7) is -0.227. The molecule has 0 bridgehead atoms. The normalized spacial score (nSPS) is 24.8. The minimum atomic E-state index is -1.07. The molecule has 0 radical (unpaired) electrons. The number of pyridine rings is 1. The van der Waals surface area contributed by atoms with Gasteiger partial charge >= 0.3 is 0 Å². The van der Waals surface area contributed by atoms with Crippen molar-refractivity contribution < 1.29 is 15.3 Å². The fraction of sp³-hybridized carbons (Fsp3) is 0.353. The molecular formula is C17H18ClN5O3. The van der Waals surface area contributed by atoms with Crippen molar-refractivity contribution >= 4 is 23.4 Å². The first-order chi connectivity index (χ1) is 12.5. The Hall–Kier alpha value is -2.44. The molecule has 2 heterocycles. The number of nitrogen functional groups attached to an aromatic ring is 1. The van der Waals surface area contributed by atoms with E-state index in [0.717, 1.165) is 0 Å². The molecule has 136 valence electrons. The number of nitrogens with zero attached hydrogens (tertiary/aromatic N) is 3. The molecule has 0 spiro atoms. The zero-order chi connectivity index (χ0) is 18.7. The molecule has 0 aliphatic heterocycles. The summed E-state index contributed by atoms with van der Waals surface area (Å²) in [6.07, 6.45) is -0.128. The molecule has 1 aliphatic carbocycles. The van der Waals surface area contributed by atoms with Gasteiger partial charge in [0.25, 0.3) is 0 Å². The Bertz CT molecular complexity index is 840. The van der Waals surface area contributed by atoms with Gasteiger partial charge in [0.2, 0.25) is 5.95 Å². The van der Waals surface area contributed by atoms with Crippen molar-refractivity contribution in [2.24, 2.45) is 5.92 Å². The van der Waals surface area contributed by atoms with Crippen molar-refractivity contribution in [1.82, 2.24) is 15.0 Å². The van der Waals surface area contributed by atoms with Crippen molar-refractivity contribution in [2.45, 2.75) is 24.7 Å². The van der Waals surface area contributed by atoms with E-state index in [1.165, 1.54) is 0 Å². The summed E-state index contributed by atoms with van der Waals surface area (Å²) in [5.41, 5.74) is 6.52. The molecule has 0 saturated heterocycles. The topological polar surface area (TPSA) is 137 Å². The van der Waals surface area contributed by atoms with Gasteiger partial charge in [-0.15, -0.1) is 0 Å². The van der Waals surface area contributed by atoms with E-state index >= 15 is 0 Å². The van der Waals surface area contributed by atoms with Crippen LogP contribution >= 0.6 is 11.6 Å². The third-order valence-electron chi connectivity index (χ3n) is 4.22. The largest absolute Gasteiger partial charge is 0.396 e. The summed E-state index contributed by atoms with van der Waals surface area (Å²) in [7, 11) is 0. The molecule has 8 nitrogen and oxygen atoms in total. The van der Waals surface area contributed by atoms with Crippen LogP contribution in [0, 0.1) is 17.8 Å². The zero-order valence-corrected chi connectivity index (χ0v) is 14.4. The number of aliphatic hydroxyl groups is 3. The van der Waals surface area contributed by atoms with Gasteiger partial charge in [0.1, 0.15) is 23.2 Å². The first kappa shape index (κ1) is 18.4. The quantitative estimate of drug-likeness (QED) is 0.374. The highest BCUT2D eigenvalue weighted by molar-refractivity contribution is 6.31. The highest BCUT2D eigenvalue weighted by Crippen LogP contribution is 2.30. The second-order valence-corrected chi connectivity index (χ2v) is 6.33. The maximum absolute atomic E-state index is 10.2. The standard InChI is InChI=1S/C17H18ClN5O3/c18-15-11(5-4-10-3-1-2-6-20-10)16(23-17(19)22-15)21-12-7-9(8-24)13(25)14(12)26/h1-3,6,9,12-14,24-26H,7-8H2,(H3,19,21,22,23). The zero-order valence-electron chi connectivity index (χ0n) is 13.7. The van der Waals surface area contributed by atoms with Crippen LogP contribution in [0.1, 0.15) is 17.7 Å². The molecule has 3 rings (SSSR count). The van der Waals surface area contributed by atoms with E-state index in [4.69, 9.17) is 17.3 Å². The third kappa shape index (κ3) is 3.86. The van der Waals surface area contributed by atoms with E-state index in [1.807, 2.05) is 6.07 Å². The van der Waals surface area contributed by atoms with Crippen molar-refractivity contribution in [3.05, 3.63) is 40.8 Å². The Labute approximate surface area is 155 Å². The molecule has 9 heteroatoms. The van der Waals surface area contributed by atoms with E-state index in [9.17, 15) is 15.3 Å². The first-order valence-electron chi connectivity index (χ1n) is 7.99. The molecule has 26 heavy (non-hydrogen) atoms. The van der Waals surface area contributed by atoms with E-state index in [-0.39, 0.29) is 23.5 Å².